The fourth-order valence-corrected chi connectivity index (χ4v) is 5.80. The van der Waals surface area contributed by atoms with E-state index in [1.54, 1.807) is 23.5 Å². The summed E-state index contributed by atoms with van der Waals surface area (Å²) in [5, 5.41) is 0. The predicted molar refractivity (Wildman–Crippen MR) is 136 cm³/mol. The standard InChI is InChI=1S/C18H28O4S6/c1-5-8-14(11-27-18(2,24)28-13-16(20)22-4)9-6-7-10-25-17(23)26-12-15(19)21-3/h6,8-9,24H,5,7,10-13H2,1-4H3/b9-6-,14-8+. The van der Waals surface area contributed by atoms with E-state index < -0.39 is 0 Å². The lowest BCUT2D eigenvalue weighted by Crippen LogP contribution is -2.13. The van der Waals surface area contributed by atoms with Crippen LogP contribution in [0.2, 0.25) is 0 Å². The minimum atomic E-state index is -0.367. The van der Waals surface area contributed by atoms with Gasteiger partial charge in [-0.2, -0.15) is 12.6 Å². The molecule has 0 aliphatic carbocycles. The first kappa shape index (κ1) is 28.3. The van der Waals surface area contributed by atoms with Crippen LogP contribution in [0.5, 0.6) is 0 Å². The summed E-state index contributed by atoms with van der Waals surface area (Å²) in [6, 6.07) is 0. The minimum absolute atomic E-state index is 0.241. The van der Waals surface area contributed by atoms with Crippen molar-refractivity contribution >= 4 is 87.4 Å². The summed E-state index contributed by atoms with van der Waals surface area (Å²) in [6.45, 7) is 4.10. The Kier molecular flexibility index (Phi) is 17.2. The Morgan fingerprint density at radius 2 is 1.68 bits per heavy atom. The van der Waals surface area contributed by atoms with Crippen molar-refractivity contribution < 1.29 is 19.1 Å². The highest BCUT2D eigenvalue weighted by atomic mass is 32.3. The second-order valence-corrected chi connectivity index (χ2v) is 13.2. The molecule has 160 valence electrons. The molecule has 0 aliphatic heterocycles. The molecule has 0 fully saturated rings. The van der Waals surface area contributed by atoms with Crippen molar-refractivity contribution in [2.24, 2.45) is 0 Å². The number of thiol groups is 1. The van der Waals surface area contributed by atoms with Crippen LogP contribution in [0.4, 0.5) is 0 Å². The summed E-state index contributed by atoms with van der Waals surface area (Å²) < 4.78 is 9.66. The van der Waals surface area contributed by atoms with Crippen LogP contribution in [0.25, 0.3) is 0 Å². The Bertz CT molecular complexity index is 560. The number of carbonyl (C=O) groups excluding carboxylic acids is 2. The molecule has 4 nitrogen and oxygen atoms in total. The second kappa shape index (κ2) is 17.0. The molecule has 10 heteroatoms. The van der Waals surface area contributed by atoms with Crippen LogP contribution < -0.4 is 0 Å². The van der Waals surface area contributed by atoms with Gasteiger partial charge in [0, 0.05) is 11.5 Å². The van der Waals surface area contributed by atoms with E-state index in [1.807, 2.05) is 6.92 Å². The summed E-state index contributed by atoms with van der Waals surface area (Å²) in [6.07, 6.45) is 8.32. The van der Waals surface area contributed by atoms with Crippen molar-refractivity contribution in [1.82, 2.24) is 0 Å². The van der Waals surface area contributed by atoms with Gasteiger partial charge < -0.3 is 9.47 Å². The maximum absolute atomic E-state index is 11.3. The number of carbonyl (C=O) groups is 2. The van der Waals surface area contributed by atoms with E-state index in [-0.39, 0.29) is 26.9 Å². The molecule has 28 heavy (non-hydrogen) atoms. The van der Waals surface area contributed by atoms with Crippen LogP contribution in [0.15, 0.2) is 23.8 Å². The normalized spacial score (nSPS) is 14.0. The lowest BCUT2D eigenvalue weighted by molar-refractivity contribution is -0.138. The average molecular weight is 501 g/mol. The zero-order chi connectivity index (χ0) is 21.4. The fourth-order valence-electron chi connectivity index (χ4n) is 1.61. The van der Waals surface area contributed by atoms with Crippen LogP contribution in [-0.2, 0) is 19.1 Å². The van der Waals surface area contributed by atoms with E-state index in [1.165, 1.54) is 43.3 Å². The molecule has 0 bridgehead atoms. The van der Waals surface area contributed by atoms with Crippen LogP contribution in [0.3, 0.4) is 0 Å². The van der Waals surface area contributed by atoms with Crippen LogP contribution >= 0.6 is 71.9 Å². The van der Waals surface area contributed by atoms with Gasteiger partial charge in [-0.15, -0.1) is 35.3 Å². The Morgan fingerprint density at radius 1 is 1.07 bits per heavy atom. The smallest absolute Gasteiger partial charge is 0.316 e. The van der Waals surface area contributed by atoms with Crippen molar-refractivity contribution in [1.29, 1.82) is 0 Å². The Morgan fingerprint density at radius 3 is 2.29 bits per heavy atom. The Hall–Kier alpha value is 0.260. The molecule has 0 N–H and O–H groups in total. The van der Waals surface area contributed by atoms with E-state index in [0.29, 0.717) is 0 Å². The van der Waals surface area contributed by atoms with Crippen LogP contribution in [0.1, 0.15) is 26.7 Å². The van der Waals surface area contributed by atoms with Gasteiger partial charge in [0.05, 0.1) is 25.7 Å². The topological polar surface area (TPSA) is 52.6 Å². The van der Waals surface area contributed by atoms with Gasteiger partial charge in [0.2, 0.25) is 0 Å². The summed E-state index contributed by atoms with van der Waals surface area (Å²) in [7, 11) is 2.76. The molecule has 0 heterocycles. The van der Waals surface area contributed by atoms with E-state index in [0.717, 1.165) is 27.9 Å². The third-order valence-electron chi connectivity index (χ3n) is 3.03. The van der Waals surface area contributed by atoms with E-state index >= 15 is 0 Å². The maximum Gasteiger partial charge on any atom is 0.316 e. The summed E-state index contributed by atoms with van der Waals surface area (Å²) in [5.41, 5.74) is 1.24. The number of thiocarbonyl (C=S) groups is 1. The molecule has 0 spiro atoms. The monoisotopic (exact) mass is 500 g/mol. The minimum Gasteiger partial charge on any atom is -0.468 e. The molecule has 0 aromatic heterocycles. The maximum atomic E-state index is 11.3. The highest BCUT2D eigenvalue weighted by Gasteiger charge is 2.22. The number of esters is 2. The summed E-state index contributed by atoms with van der Waals surface area (Å²) in [5.74, 6) is 1.73. The van der Waals surface area contributed by atoms with Gasteiger partial charge in [0.15, 0.2) is 0 Å². The van der Waals surface area contributed by atoms with Crippen LogP contribution in [0, 0.1) is 0 Å². The van der Waals surface area contributed by atoms with Gasteiger partial charge >= 0.3 is 11.9 Å². The van der Waals surface area contributed by atoms with Gasteiger partial charge in [0.25, 0.3) is 0 Å². The number of methoxy groups -OCH3 is 2. The molecule has 0 aromatic rings. The quantitative estimate of drug-likeness (QED) is 0.0890. The summed E-state index contributed by atoms with van der Waals surface area (Å²) in [4.78, 5) is 22.4. The third kappa shape index (κ3) is 16.1. The van der Waals surface area contributed by atoms with E-state index in [4.69, 9.17) is 12.2 Å². The molecule has 0 aliphatic rings. The molecule has 0 rings (SSSR count). The predicted octanol–water partition coefficient (Wildman–Crippen LogP) is 5.44. The molecule has 0 radical (unpaired) electrons. The molecular weight excluding hydrogens is 473 g/mol. The van der Waals surface area contributed by atoms with Crippen molar-refractivity contribution in [3.8, 4) is 0 Å². The van der Waals surface area contributed by atoms with Crippen molar-refractivity contribution in [2.45, 2.75) is 30.1 Å². The van der Waals surface area contributed by atoms with E-state index in [9.17, 15) is 9.59 Å². The molecule has 1 unspecified atom stereocenters. The Labute approximate surface area is 196 Å². The van der Waals surface area contributed by atoms with Gasteiger partial charge in [-0.1, -0.05) is 49.1 Å². The Balaban J connectivity index is 4.26. The fraction of sp³-hybridized carbons (Fsp3) is 0.611. The van der Waals surface area contributed by atoms with Crippen molar-refractivity contribution in [3.05, 3.63) is 23.8 Å². The number of rotatable bonds is 13. The van der Waals surface area contributed by atoms with Crippen LogP contribution in [-0.4, -0.2) is 56.1 Å². The SMILES string of the molecule is CC/C=C(\C=C/CCSC(=S)SCC(=O)OC)CSC(C)(S)SCC(=O)OC. The van der Waals surface area contributed by atoms with Gasteiger partial charge in [-0.05, 0) is 25.3 Å². The van der Waals surface area contributed by atoms with Gasteiger partial charge in [-0.3, -0.25) is 9.59 Å². The number of allylic oxidation sites excluding steroid dienone is 3. The molecule has 0 saturated heterocycles. The molecule has 0 amide bonds. The largest absolute Gasteiger partial charge is 0.468 e. The molecule has 0 saturated carbocycles. The lowest BCUT2D eigenvalue weighted by atomic mass is 10.2. The lowest BCUT2D eigenvalue weighted by Gasteiger charge is -2.22. The molecule has 0 aromatic carbocycles. The average Bonchev–Trinajstić information content (AvgIpc) is 2.67. The highest BCUT2D eigenvalue weighted by Crippen LogP contribution is 2.41. The van der Waals surface area contributed by atoms with Gasteiger partial charge in [-0.25, -0.2) is 0 Å². The first-order chi connectivity index (χ1) is 13.2. The molecular formula is C18H28O4S6. The number of thioether (sulfide) groups is 4. The summed E-state index contributed by atoms with van der Waals surface area (Å²) >= 11 is 15.9. The second-order valence-electron chi connectivity index (χ2n) is 5.39. The van der Waals surface area contributed by atoms with Crippen molar-refractivity contribution in [2.75, 3.05) is 37.2 Å². The number of ether oxygens (including phenoxy) is 2. The first-order valence-corrected chi connectivity index (χ1v) is 13.3. The highest BCUT2D eigenvalue weighted by molar-refractivity contribution is 8.47. The van der Waals surface area contributed by atoms with Gasteiger partial charge in [0.1, 0.15) is 6.94 Å². The number of hydrogen-bond acceptors (Lipinski definition) is 10. The zero-order valence-electron chi connectivity index (χ0n) is 16.6. The first-order valence-electron chi connectivity index (χ1n) is 8.53. The van der Waals surface area contributed by atoms with Crippen molar-refractivity contribution in [3.63, 3.8) is 0 Å². The number of hydrogen-bond donors (Lipinski definition) is 1. The zero-order valence-corrected chi connectivity index (χ0v) is 21.6. The molecule has 1 atom stereocenters. The third-order valence-corrected chi connectivity index (χ3v) is 9.15. The van der Waals surface area contributed by atoms with E-state index in [2.05, 4.69) is 47.3 Å².